The Morgan fingerprint density at radius 3 is 0.708 bits per heavy atom. The van der Waals surface area contributed by atoms with Gasteiger partial charge in [-0.2, -0.15) is 0 Å². The fraction of sp³-hybridized carbons (Fsp3) is 0.948. The number of rotatable bonds is 75. The number of unbranched alkanes of at least 4 members (excludes halogenated alkanes) is 43. The molecular weight excluding hydrogens is 1260 g/mol. The Hall–Kier alpha value is -1.94. The van der Waals surface area contributed by atoms with Crippen LogP contribution in [0.25, 0.3) is 0 Å². The Bertz CT molecular complexity index is 1870. The molecule has 17 nitrogen and oxygen atoms in total. The summed E-state index contributed by atoms with van der Waals surface area (Å²) in [5.74, 6) is 0.196. The van der Waals surface area contributed by atoms with Gasteiger partial charge in [-0.3, -0.25) is 37.3 Å². The number of carbonyl (C=O) groups is 4. The van der Waals surface area contributed by atoms with Gasteiger partial charge in [-0.25, -0.2) is 9.13 Å². The molecule has 0 aromatic rings. The second kappa shape index (κ2) is 67.5. The third-order valence-electron chi connectivity index (χ3n) is 17.9. The molecule has 0 saturated carbocycles. The third kappa shape index (κ3) is 70.5. The minimum absolute atomic E-state index is 0.105. The van der Waals surface area contributed by atoms with Crippen molar-refractivity contribution in [3.05, 3.63) is 0 Å². The number of hydrogen-bond donors (Lipinski definition) is 3. The van der Waals surface area contributed by atoms with Crippen LogP contribution in [0.1, 0.15) is 395 Å². The lowest BCUT2D eigenvalue weighted by Crippen LogP contribution is -2.30. The van der Waals surface area contributed by atoms with Crippen molar-refractivity contribution in [3.8, 4) is 0 Å². The second-order valence-corrected chi connectivity index (χ2v) is 32.1. The van der Waals surface area contributed by atoms with E-state index in [1.807, 2.05) is 0 Å². The molecule has 96 heavy (non-hydrogen) atoms. The van der Waals surface area contributed by atoms with E-state index < -0.39 is 97.5 Å². The van der Waals surface area contributed by atoms with E-state index in [1.165, 1.54) is 205 Å². The number of carbonyl (C=O) groups excluding carboxylic acids is 4. The van der Waals surface area contributed by atoms with Crippen molar-refractivity contribution in [2.75, 3.05) is 39.6 Å². The Morgan fingerprint density at radius 1 is 0.281 bits per heavy atom. The number of phosphoric acid groups is 2. The van der Waals surface area contributed by atoms with Crippen LogP contribution >= 0.6 is 15.6 Å². The highest BCUT2D eigenvalue weighted by Gasteiger charge is 2.30. The van der Waals surface area contributed by atoms with Crippen LogP contribution in [0.4, 0.5) is 0 Å². The average molecular weight is 1410 g/mol. The van der Waals surface area contributed by atoms with Crippen molar-refractivity contribution in [2.24, 2.45) is 17.8 Å². The lowest BCUT2D eigenvalue weighted by atomic mass is 10.0. The van der Waals surface area contributed by atoms with E-state index >= 15 is 0 Å². The van der Waals surface area contributed by atoms with Crippen molar-refractivity contribution in [1.82, 2.24) is 0 Å². The normalized spacial score (nSPS) is 14.1. The molecule has 0 aliphatic carbocycles. The zero-order chi connectivity index (χ0) is 70.9. The SMILES string of the molecule is CCCCCCCCCCCCCC(=O)OC[C@H](COP(=O)(O)OC[C@H](O)COP(=O)(O)OC[C@@H](COC(=O)CCCCCCCCCCCCCCCCC(C)C)OC(=O)CCCCCCCCCCCCCCCCC(C)C)OC(=O)CCCCCCCCCCC(C)C. The molecule has 5 atom stereocenters. The summed E-state index contributed by atoms with van der Waals surface area (Å²) >= 11 is 0. The molecule has 0 heterocycles. The monoisotopic (exact) mass is 1410 g/mol. The fourth-order valence-electron chi connectivity index (χ4n) is 11.8. The summed E-state index contributed by atoms with van der Waals surface area (Å²) in [5, 5.41) is 10.6. The van der Waals surface area contributed by atoms with Gasteiger partial charge in [0, 0.05) is 25.7 Å². The Balaban J connectivity index is 5.24. The quantitative estimate of drug-likeness (QED) is 0.0222. The second-order valence-electron chi connectivity index (χ2n) is 29.2. The number of hydrogen-bond acceptors (Lipinski definition) is 15. The van der Waals surface area contributed by atoms with E-state index in [0.29, 0.717) is 25.7 Å². The molecule has 570 valence electrons. The van der Waals surface area contributed by atoms with Crippen LogP contribution in [-0.2, 0) is 65.4 Å². The van der Waals surface area contributed by atoms with Crippen LogP contribution in [0.2, 0.25) is 0 Å². The van der Waals surface area contributed by atoms with E-state index in [4.69, 9.17) is 37.0 Å². The fourth-order valence-corrected chi connectivity index (χ4v) is 13.4. The molecule has 3 N–H and O–H groups in total. The maximum absolute atomic E-state index is 13.1. The van der Waals surface area contributed by atoms with E-state index in [1.54, 1.807) is 0 Å². The molecule has 2 unspecified atom stereocenters. The summed E-state index contributed by atoms with van der Waals surface area (Å²) < 4.78 is 68.6. The molecule has 0 aliphatic rings. The zero-order valence-electron chi connectivity index (χ0n) is 62.8. The lowest BCUT2D eigenvalue weighted by Gasteiger charge is -2.21. The molecule has 0 amide bonds. The number of aliphatic hydroxyl groups excluding tert-OH is 1. The smallest absolute Gasteiger partial charge is 0.462 e. The Labute approximate surface area is 588 Å². The van der Waals surface area contributed by atoms with Gasteiger partial charge in [0.05, 0.1) is 26.4 Å². The van der Waals surface area contributed by atoms with Crippen LogP contribution in [0, 0.1) is 17.8 Å². The van der Waals surface area contributed by atoms with Crippen LogP contribution in [0.15, 0.2) is 0 Å². The molecule has 0 fully saturated rings. The Morgan fingerprint density at radius 2 is 0.479 bits per heavy atom. The van der Waals surface area contributed by atoms with Gasteiger partial charge in [0.2, 0.25) is 0 Å². The van der Waals surface area contributed by atoms with E-state index in [-0.39, 0.29) is 25.7 Å². The van der Waals surface area contributed by atoms with E-state index in [0.717, 1.165) is 108 Å². The largest absolute Gasteiger partial charge is 0.472 e. The van der Waals surface area contributed by atoms with Gasteiger partial charge >= 0.3 is 39.5 Å². The molecule has 0 radical (unpaired) electrons. The van der Waals surface area contributed by atoms with Gasteiger partial charge in [0.15, 0.2) is 12.2 Å². The molecule has 19 heteroatoms. The van der Waals surface area contributed by atoms with Crippen molar-refractivity contribution >= 4 is 39.5 Å². The highest BCUT2D eigenvalue weighted by Crippen LogP contribution is 2.45. The molecular formula is C77H150O17P2. The van der Waals surface area contributed by atoms with Gasteiger partial charge in [-0.15, -0.1) is 0 Å². The molecule has 0 spiro atoms. The first-order chi connectivity index (χ1) is 46.2. The third-order valence-corrected chi connectivity index (χ3v) is 19.8. The predicted octanol–water partition coefficient (Wildman–Crippen LogP) is 22.6. The lowest BCUT2D eigenvalue weighted by molar-refractivity contribution is -0.161. The average Bonchev–Trinajstić information content (AvgIpc) is 1.24. The molecule has 0 aromatic heterocycles. The maximum Gasteiger partial charge on any atom is 0.472 e. The first-order valence-corrected chi connectivity index (χ1v) is 42.8. The highest BCUT2D eigenvalue weighted by atomic mass is 31.2. The van der Waals surface area contributed by atoms with Crippen LogP contribution in [0.5, 0.6) is 0 Å². The number of aliphatic hydroxyl groups is 1. The van der Waals surface area contributed by atoms with Gasteiger partial charge in [-0.1, -0.05) is 344 Å². The summed E-state index contributed by atoms with van der Waals surface area (Å²) in [6.45, 7) is 11.9. The van der Waals surface area contributed by atoms with Crippen molar-refractivity contribution in [2.45, 2.75) is 414 Å². The van der Waals surface area contributed by atoms with Crippen LogP contribution in [-0.4, -0.2) is 96.7 Å². The predicted molar refractivity (Wildman–Crippen MR) is 391 cm³/mol. The highest BCUT2D eigenvalue weighted by molar-refractivity contribution is 7.47. The number of esters is 4. The number of ether oxygens (including phenoxy) is 4. The molecule has 0 saturated heterocycles. The summed E-state index contributed by atoms with van der Waals surface area (Å²) in [6, 6.07) is 0. The van der Waals surface area contributed by atoms with Gasteiger partial charge in [0.1, 0.15) is 19.3 Å². The topological polar surface area (TPSA) is 237 Å². The van der Waals surface area contributed by atoms with Crippen LogP contribution in [0.3, 0.4) is 0 Å². The molecule has 0 rings (SSSR count). The molecule has 0 aliphatic heterocycles. The summed E-state index contributed by atoms with van der Waals surface area (Å²) in [6.07, 6.45) is 54.1. The van der Waals surface area contributed by atoms with E-state index in [9.17, 15) is 43.2 Å². The van der Waals surface area contributed by atoms with Crippen molar-refractivity contribution < 1.29 is 80.2 Å². The summed E-state index contributed by atoms with van der Waals surface area (Å²) in [5.41, 5.74) is 0. The van der Waals surface area contributed by atoms with Gasteiger partial charge < -0.3 is 33.8 Å². The minimum Gasteiger partial charge on any atom is -0.462 e. The summed E-state index contributed by atoms with van der Waals surface area (Å²) in [7, 11) is -9.91. The molecule has 0 aromatic carbocycles. The Kier molecular flexibility index (Phi) is 66.2. The van der Waals surface area contributed by atoms with Crippen molar-refractivity contribution in [1.29, 1.82) is 0 Å². The van der Waals surface area contributed by atoms with E-state index in [2.05, 4.69) is 48.5 Å². The zero-order valence-corrected chi connectivity index (χ0v) is 64.6. The molecule has 0 bridgehead atoms. The van der Waals surface area contributed by atoms with Crippen LogP contribution < -0.4 is 0 Å². The minimum atomic E-state index is -4.96. The number of phosphoric ester groups is 2. The van der Waals surface area contributed by atoms with Crippen molar-refractivity contribution in [3.63, 3.8) is 0 Å². The van der Waals surface area contributed by atoms with Gasteiger partial charge in [-0.05, 0) is 43.4 Å². The maximum atomic E-state index is 13.1. The first-order valence-electron chi connectivity index (χ1n) is 39.8. The standard InChI is InChI=1S/C77H150O17P2/c1-8-9-10-11-12-13-22-29-37-44-51-58-74(79)87-65-73(94-77(82)61-54-47-40-33-32-36-43-50-57-70(6)7)67-92-96(85,86)90-63-71(78)62-89-95(83,84)91-66-72(93-76(81)60-53-46-39-31-26-21-17-15-19-24-28-35-42-49-56-69(4)5)64-88-75(80)59-52-45-38-30-25-20-16-14-18-23-27-34-41-48-55-68(2)3/h68-73,78H,8-67H2,1-7H3,(H,83,84)(H,85,86)/t71-,72-,73-/m1/s1. The first kappa shape index (κ1) is 94.1. The van der Waals surface area contributed by atoms with Gasteiger partial charge in [0.25, 0.3) is 0 Å². The summed E-state index contributed by atoms with van der Waals surface area (Å²) in [4.78, 5) is 72.8.